The van der Waals surface area contributed by atoms with Gasteiger partial charge < -0.3 is 14.6 Å². The fraction of sp³-hybridized carbons (Fsp3) is 0.571. The van der Waals surface area contributed by atoms with Gasteiger partial charge in [0.05, 0.1) is 5.39 Å². The van der Waals surface area contributed by atoms with E-state index in [0.717, 1.165) is 60.8 Å². The molecule has 4 rings (SSSR count). The molecule has 0 bridgehead atoms. The molecule has 1 amide bonds. The maximum atomic E-state index is 12.9. The molecule has 1 aliphatic carbocycles. The minimum Gasteiger partial charge on any atom is -0.466 e. The number of aryl methyl sites for hydroxylation is 4. The van der Waals surface area contributed by atoms with Gasteiger partial charge in [-0.1, -0.05) is 30.8 Å². The average Bonchev–Trinajstić information content (AvgIpc) is 3.17. The molecule has 0 atom stereocenters. The van der Waals surface area contributed by atoms with Gasteiger partial charge in [-0.3, -0.25) is 4.79 Å². The predicted octanol–water partition coefficient (Wildman–Crippen LogP) is 3.02. The zero-order chi connectivity index (χ0) is 21.3. The van der Waals surface area contributed by atoms with E-state index >= 15 is 0 Å². The minimum absolute atomic E-state index is 0.141. The van der Waals surface area contributed by atoms with Crippen LogP contribution in [0.1, 0.15) is 61.5 Å². The maximum Gasteiger partial charge on any atom is 0.258 e. The molecule has 30 heavy (non-hydrogen) atoms. The van der Waals surface area contributed by atoms with Crippen LogP contribution >= 0.6 is 0 Å². The number of nitrogens with one attached hydrogen (secondary N) is 1. The third-order valence-corrected chi connectivity index (χ3v) is 5.72. The van der Waals surface area contributed by atoms with Crippen molar-refractivity contribution < 1.29 is 14.1 Å². The highest BCUT2D eigenvalue weighted by atomic mass is 16.5. The third kappa shape index (κ3) is 3.88. The molecule has 1 fully saturated rings. The Hall–Kier alpha value is -2.97. The molecule has 3 heterocycles. The van der Waals surface area contributed by atoms with E-state index in [2.05, 4.69) is 25.5 Å². The fourth-order valence-electron chi connectivity index (χ4n) is 4.32. The van der Waals surface area contributed by atoms with Crippen molar-refractivity contribution >= 4 is 16.9 Å². The van der Waals surface area contributed by atoms with Gasteiger partial charge in [-0.25, -0.2) is 9.67 Å². The first kappa shape index (κ1) is 20.3. The van der Waals surface area contributed by atoms with Gasteiger partial charge in [0.2, 0.25) is 11.8 Å². The third-order valence-electron chi connectivity index (χ3n) is 5.72. The lowest BCUT2D eigenvalue weighted by molar-refractivity contribution is -0.125. The lowest BCUT2D eigenvalue weighted by Gasteiger charge is -2.30. The molecule has 3 aromatic heterocycles. The van der Waals surface area contributed by atoms with Crippen molar-refractivity contribution in [3.63, 3.8) is 0 Å². The highest BCUT2D eigenvalue weighted by molar-refractivity contribution is 5.86. The summed E-state index contributed by atoms with van der Waals surface area (Å²) < 4.78 is 12.7. The van der Waals surface area contributed by atoms with Crippen LogP contribution in [-0.4, -0.2) is 37.4 Å². The number of amides is 1. The van der Waals surface area contributed by atoms with Gasteiger partial charge in [-0.05, 0) is 38.3 Å². The Morgan fingerprint density at radius 1 is 1.20 bits per heavy atom. The van der Waals surface area contributed by atoms with Crippen LogP contribution in [0.4, 0.5) is 0 Å². The Balaban J connectivity index is 1.53. The maximum absolute atomic E-state index is 12.9. The van der Waals surface area contributed by atoms with Crippen molar-refractivity contribution in [3.05, 3.63) is 29.0 Å². The van der Waals surface area contributed by atoms with Crippen LogP contribution in [0.5, 0.6) is 5.88 Å². The van der Waals surface area contributed by atoms with E-state index in [1.807, 2.05) is 27.0 Å². The molecule has 1 N–H and O–H groups in total. The smallest absolute Gasteiger partial charge is 0.258 e. The number of aromatic nitrogens is 5. The zero-order valence-corrected chi connectivity index (χ0v) is 18.0. The number of carbonyl (C=O) groups excluding carboxylic acids is 1. The van der Waals surface area contributed by atoms with E-state index in [1.165, 1.54) is 0 Å². The molecule has 0 aromatic carbocycles. The topological polar surface area (TPSA) is 108 Å². The van der Waals surface area contributed by atoms with Gasteiger partial charge in [-0.15, -0.1) is 5.10 Å². The van der Waals surface area contributed by atoms with E-state index in [-0.39, 0.29) is 12.5 Å². The van der Waals surface area contributed by atoms with Gasteiger partial charge in [0.1, 0.15) is 5.54 Å². The van der Waals surface area contributed by atoms with E-state index in [0.29, 0.717) is 17.6 Å². The molecular weight excluding hydrogens is 384 g/mol. The Labute approximate surface area is 175 Å². The Kier molecular flexibility index (Phi) is 5.44. The number of hydrogen-bond donors (Lipinski definition) is 1. The molecule has 1 saturated carbocycles. The number of fused-ring (bicyclic) bond motifs is 1. The second-order valence-corrected chi connectivity index (χ2v) is 8.18. The summed E-state index contributed by atoms with van der Waals surface area (Å²) in [4.78, 5) is 21.9. The summed E-state index contributed by atoms with van der Waals surface area (Å²) in [5.74, 6) is 1.24. The number of hydrogen-bond acceptors (Lipinski definition) is 7. The molecule has 0 spiro atoms. The first-order valence-corrected chi connectivity index (χ1v) is 10.4. The molecule has 3 aromatic rings. The number of rotatable bonds is 5. The first-order chi connectivity index (χ1) is 14.4. The summed E-state index contributed by atoms with van der Waals surface area (Å²) in [6, 6.07) is 1.98. The second-order valence-electron chi connectivity index (χ2n) is 8.18. The Bertz CT molecular complexity index is 1060. The first-order valence-electron chi connectivity index (χ1n) is 10.4. The van der Waals surface area contributed by atoms with Gasteiger partial charge in [0.25, 0.3) is 5.91 Å². The van der Waals surface area contributed by atoms with Crippen molar-refractivity contribution in [3.8, 4) is 5.88 Å². The zero-order valence-electron chi connectivity index (χ0n) is 18.0. The summed E-state index contributed by atoms with van der Waals surface area (Å²) in [6.45, 7) is 5.55. The summed E-state index contributed by atoms with van der Waals surface area (Å²) in [5.41, 5.74) is 2.06. The van der Waals surface area contributed by atoms with Crippen LogP contribution in [0.3, 0.4) is 0 Å². The van der Waals surface area contributed by atoms with Crippen LogP contribution in [0.2, 0.25) is 0 Å². The van der Waals surface area contributed by atoms with Gasteiger partial charge >= 0.3 is 0 Å². The summed E-state index contributed by atoms with van der Waals surface area (Å²) in [6.07, 6.45) is 5.85. The van der Waals surface area contributed by atoms with Crippen molar-refractivity contribution in [2.75, 3.05) is 6.61 Å². The minimum atomic E-state index is -0.616. The van der Waals surface area contributed by atoms with Gasteiger partial charge in [0, 0.05) is 19.7 Å². The molecule has 0 radical (unpaired) electrons. The monoisotopic (exact) mass is 412 g/mol. The number of pyridine rings is 1. The number of carbonyl (C=O) groups is 1. The second kappa shape index (κ2) is 8.04. The summed E-state index contributed by atoms with van der Waals surface area (Å²) in [5, 5.41) is 12.5. The molecule has 1 aliphatic rings. The van der Waals surface area contributed by atoms with Crippen LogP contribution < -0.4 is 10.1 Å². The average molecular weight is 412 g/mol. The van der Waals surface area contributed by atoms with Crippen LogP contribution in [-0.2, 0) is 17.4 Å². The molecule has 0 aliphatic heterocycles. The normalized spacial score (nSPS) is 16.4. The highest BCUT2D eigenvalue weighted by Crippen LogP contribution is 2.34. The molecule has 160 valence electrons. The van der Waals surface area contributed by atoms with Crippen molar-refractivity contribution in [2.45, 2.75) is 64.8 Å². The standard InChI is InChI=1S/C21H28N6O3/c1-13-11-14(2)22-18-17(13)19(25-27(18)4)29-12-16(28)24-21(9-7-5-6-8-10-21)20-23-15(3)30-26-20/h11H,5-10,12H2,1-4H3,(H,24,28). The fourth-order valence-corrected chi connectivity index (χ4v) is 4.32. The molecule has 0 unspecified atom stereocenters. The molecule has 0 saturated heterocycles. The van der Waals surface area contributed by atoms with E-state index < -0.39 is 5.54 Å². The van der Waals surface area contributed by atoms with Crippen molar-refractivity contribution in [1.29, 1.82) is 0 Å². The van der Waals surface area contributed by atoms with Crippen LogP contribution in [0, 0.1) is 20.8 Å². The van der Waals surface area contributed by atoms with Crippen LogP contribution in [0.15, 0.2) is 10.6 Å². The lowest BCUT2D eigenvalue weighted by Crippen LogP contribution is -2.48. The Morgan fingerprint density at radius 2 is 1.93 bits per heavy atom. The van der Waals surface area contributed by atoms with E-state index in [4.69, 9.17) is 9.26 Å². The summed E-state index contributed by atoms with van der Waals surface area (Å²) in [7, 11) is 1.82. The van der Waals surface area contributed by atoms with Gasteiger partial charge in [0.15, 0.2) is 18.1 Å². The van der Waals surface area contributed by atoms with Crippen LogP contribution in [0.25, 0.3) is 11.0 Å². The van der Waals surface area contributed by atoms with Crippen molar-refractivity contribution in [2.24, 2.45) is 7.05 Å². The molecular formula is C21H28N6O3. The lowest BCUT2D eigenvalue weighted by atomic mass is 9.89. The Morgan fingerprint density at radius 3 is 2.60 bits per heavy atom. The highest BCUT2D eigenvalue weighted by Gasteiger charge is 2.38. The quantitative estimate of drug-likeness (QED) is 0.642. The van der Waals surface area contributed by atoms with E-state index in [1.54, 1.807) is 11.6 Å². The van der Waals surface area contributed by atoms with Gasteiger partial charge in [-0.2, -0.15) is 4.98 Å². The number of nitrogens with zero attached hydrogens (tertiary/aromatic N) is 5. The molecule has 9 nitrogen and oxygen atoms in total. The van der Waals surface area contributed by atoms with Crippen molar-refractivity contribution in [1.82, 2.24) is 30.2 Å². The predicted molar refractivity (Wildman–Crippen MR) is 110 cm³/mol. The molecule has 9 heteroatoms. The largest absolute Gasteiger partial charge is 0.466 e. The number of ether oxygens (including phenoxy) is 1. The SMILES string of the molecule is Cc1cc(C)c2c(OCC(=O)NC3(c4noc(C)n4)CCCCCC3)nn(C)c2n1. The summed E-state index contributed by atoms with van der Waals surface area (Å²) >= 11 is 0. The van der Waals surface area contributed by atoms with E-state index in [9.17, 15) is 4.79 Å².